The van der Waals surface area contributed by atoms with Crippen LogP contribution in [0.4, 0.5) is 4.39 Å². The standard InChI is InChI=1S/C14H22FNO/c1-5-14(3,4)16-9-10-17-12-8-6-7-11(2)13(12)15/h6-8,16H,5,9-10H2,1-4H3. The second-order valence-corrected chi connectivity index (χ2v) is 4.90. The van der Waals surface area contributed by atoms with Gasteiger partial charge in [-0.2, -0.15) is 0 Å². The topological polar surface area (TPSA) is 21.3 Å². The maximum absolute atomic E-state index is 13.6. The van der Waals surface area contributed by atoms with E-state index in [-0.39, 0.29) is 11.4 Å². The number of hydrogen-bond donors (Lipinski definition) is 1. The van der Waals surface area contributed by atoms with Crippen molar-refractivity contribution in [2.24, 2.45) is 0 Å². The smallest absolute Gasteiger partial charge is 0.167 e. The van der Waals surface area contributed by atoms with E-state index in [0.717, 1.165) is 6.42 Å². The van der Waals surface area contributed by atoms with Gasteiger partial charge in [0.15, 0.2) is 11.6 Å². The summed E-state index contributed by atoms with van der Waals surface area (Å²) in [5.41, 5.74) is 0.721. The van der Waals surface area contributed by atoms with Crippen molar-refractivity contribution in [1.82, 2.24) is 5.32 Å². The first-order valence-electron chi connectivity index (χ1n) is 6.09. The van der Waals surface area contributed by atoms with Crippen LogP contribution in [0.2, 0.25) is 0 Å². The average molecular weight is 239 g/mol. The SMILES string of the molecule is CCC(C)(C)NCCOc1cccc(C)c1F. The van der Waals surface area contributed by atoms with Crippen molar-refractivity contribution in [3.05, 3.63) is 29.6 Å². The van der Waals surface area contributed by atoms with Crippen LogP contribution in [0, 0.1) is 12.7 Å². The van der Waals surface area contributed by atoms with Gasteiger partial charge < -0.3 is 10.1 Å². The van der Waals surface area contributed by atoms with Crippen LogP contribution in [0.15, 0.2) is 18.2 Å². The number of benzene rings is 1. The molecule has 0 unspecified atom stereocenters. The average Bonchev–Trinajstić information content (AvgIpc) is 2.30. The van der Waals surface area contributed by atoms with Gasteiger partial charge in [0.25, 0.3) is 0 Å². The van der Waals surface area contributed by atoms with E-state index in [2.05, 4.69) is 26.1 Å². The fraction of sp³-hybridized carbons (Fsp3) is 0.571. The largest absolute Gasteiger partial charge is 0.489 e. The van der Waals surface area contributed by atoms with Crippen molar-refractivity contribution in [1.29, 1.82) is 0 Å². The quantitative estimate of drug-likeness (QED) is 0.769. The molecule has 0 aliphatic carbocycles. The summed E-state index contributed by atoms with van der Waals surface area (Å²) in [6.45, 7) is 9.34. The van der Waals surface area contributed by atoms with E-state index in [1.54, 1.807) is 25.1 Å². The Hall–Kier alpha value is -1.09. The Labute approximate surface area is 103 Å². The Kier molecular flexibility index (Phi) is 4.94. The lowest BCUT2D eigenvalue weighted by Gasteiger charge is -2.24. The molecule has 0 atom stereocenters. The van der Waals surface area contributed by atoms with Crippen molar-refractivity contribution in [2.75, 3.05) is 13.2 Å². The third-order valence-electron chi connectivity index (χ3n) is 3.00. The van der Waals surface area contributed by atoms with Gasteiger partial charge in [0.05, 0.1) is 0 Å². The van der Waals surface area contributed by atoms with Crippen LogP contribution in [0.3, 0.4) is 0 Å². The maximum atomic E-state index is 13.6. The van der Waals surface area contributed by atoms with Crippen molar-refractivity contribution in [3.63, 3.8) is 0 Å². The van der Waals surface area contributed by atoms with Crippen molar-refractivity contribution in [2.45, 2.75) is 39.7 Å². The molecule has 0 fully saturated rings. The number of ether oxygens (including phenoxy) is 1. The van der Waals surface area contributed by atoms with Crippen molar-refractivity contribution < 1.29 is 9.13 Å². The van der Waals surface area contributed by atoms with E-state index in [1.165, 1.54) is 0 Å². The van der Waals surface area contributed by atoms with Crippen LogP contribution < -0.4 is 10.1 Å². The number of halogens is 1. The molecule has 3 heteroatoms. The van der Waals surface area contributed by atoms with Crippen LogP contribution in [0.25, 0.3) is 0 Å². The van der Waals surface area contributed by atoms with Gasteiger partial charge >= 0.3 is 0 Å². The highest BCUT2D eigenvalue weighted by molar-refractivity contribution is 5.29. The third kappa shape index (κ3) is 4.35. The van der Waals surface area contributed by atoms with Crippen LogP contribution in [-0.4, -0.2) is 18.7 Å². The van der Waals surface area contributed by atoms with E-state index < -0.39 is 0 Å². The zero-order valence-corrected chi connectivity index (χ0v) is 11.1. The number of nitrogens with one attached hydrogen (secondary N) is 1. The molecule has 1 N–H and O–H groups in total. The first kappa shape index (κ1) is 14.0. The highest BCUT2D eigenvalue weighted by Crippen LogP contribution is 2.19. The summed E-state index contributed by atoms with van der Waals surface area (Å²) in [5.74, 6) is 0.0726. The van der Waals surface area contributed by atoms with E-state index >= 15 is 0 Å². The predicted octanol–water partition coefficient (Wildman–Crippen LogP) is 3.29. The van der Waals surface area contributed by atoms with Crippen LogP contribution >= 0.6 is 0 Å². The Balaban J connectivity index is 2.39. The highest BCUT2D eigenvalue weighted by Gasteiger charge is 2.13. The molecule has 0 aliphatic rings. The second-order valence-electron chi connectivity index (χ2n) is 4.90. The van der Waals surface area contributed by atoms with Gasteiger partial charge in [-0.15, -0.1) is 0 Å². The molecule has 1 aromatic carbocycles. The fourth-order valence-electron chi connectivity index (χ4n) is 1.41. The molecule has 1 aromatic rings. The first-order valence-corrected chi connectivity index (χ1v) is 6.09. The minimum atomic E-state index is -0.262. The van der Waals surface area contributed by atoms with Gasteiger partial charge in [-0.05, 0) is 38.8 Å². The molecular formula is C14H22FNO. The van der Waals surface area contributed by atoms with E-state index in [9.17, 15) is 4.39 Å². The van der Waals surface area contributed by atoms with E-state index in [0.29, 0.717) is 24.5 Å². The Bertz CT molecular complexity index is 363. The molecule has 0 saturated carbocycles. The minimum absolute atomic E-state index is 0.106. The van der Waals surface area contributed by atoms with Crippen LogP contribution in [0.1, 0.15) is 32.8 Å². The number of rotatable bonds is 6. The molecule has 1 rings (SSSR count). The molecule has 0 radical (unpaired) electrons. The Morgan fingerprint density at radius 3 is 2.71 bits per heavy atom. The van der Waals surface area contributed by atoms with E-state index in [4.69, 9.17) is 4.74 Å². The summed E-state index contributed by atoms with van der Waals surface area (Å²) >= 11 is 0. The van der Waals surface area contributed by atoms with Crippen LogP contribution in [0.5, 0.6) is 5.75 Å². The van der Waals surface area contributed by atoms with Gasteiger partial charge in [0, 0.05) is 12.1 Å². The third-order valence-corrected chi connectivity index (χ3v) is 3.00. The number of hydrogen-bond acceptors (Lipinski definition) is 2. The molecule has 0 aromatic heterocycles. The molecule has 17 heavy (non-hydrogen) atoms. The normalized spacial score (nSPS) is 11.6. The summed E-state index contributed by atoms with van der Waals surface area (Å²) in [4.78, 5) is 0. The summed E-state index contributed by atoms with van der Waals surface area (Å²) in [6, 6.07) is 5.20. The lowest BCUT2D eigenvalue weighted by molar-refractivity contribution is 0.271. The van der Waals surface area contributed by atoms with Gasteiger partial charge in [-0.1, -0.05) is 19.1 Å². The van der Waals surface area contributed by atoms with Gasteiger partial charge in [0.2, 0.25) is 0 Å². The maximum Gasteiger partial charge on any atom is 0.167 e. The summed E-state index contributed by atoms with van der Waals surface area (Å²) in [5, 5.41) is 3.37. The molecule has 96 valence electrons. The fourth-order valence-corrected chi connectivity index (χ4v) is 1.41. The van der Waals surface area contributed by atoms with Crippen molar-refractivity contribution in [3.8, 4) is 5.75 Å². The Morgan fingerprint density at radius 1 is 1.35 bits per heavy atom. The molecule has 0 aliphatic heterocycles. The zero-order chi connectivity index (χ0) is 12.9. The van der Waals surface area contributed by atoms with E-state index in [1.807, 2.05) is 0 Å². The monoisotopic (exact) mass is 239 g/mol. The number of aryl methyl sites for hydroxylation is 1. The minimum Gasteiger partial charge on any atom is -0.489 e. The molecule has 0 heterocycles. The van der Waals surface area contributed by atoms with Crippen LogP contribution in [-0.2, 0) is 0 Å². The lowest BCUT2D eigenvalue weighted by atomic mass is 10.0. The Morgan fingerprint density at radius 2 is 2.06 bits per heavy atom. The summed E-state index contributed by atoms with van der Waals surface area (Å²) < 4.78 is 19.0. The molecule has 0 amide bonds. The zero-order valence-electron chi connectivity index (χ0n) is 11.1. The predicted molar refractivity (Wildman–Crippen MR) is 69.0 cm³/mol. The molecule has 0 saturated heterocycles. The molecular weight excluding hydrogens is 217 g/mol. The lowest BCUT2D eigenvalue weighted by Crippen LogP contribution is -2.40. The first-order chi connectivity index (χ1) is 7.96. The van der Waals surface area contributed by atoms with Gasteiger partial charge in [-0.25, -0.2) is 4.39 Å². The second kappa shape index (κ2) is 6.01. The molecule has 0 bridgehead atoms. The summed E-state index contributed by atoms with van der Waals surface area (Å²) in [6.07, 6.45) is 1.05. The molecule has 0 spiro atoms. The highest BCUT2D eigenvalue weighted by atomic mass is 19.1. The summed E-state index contributed by atoms with van der Waals surface area (Å²) in [7, 11) is 0. The molecule has 2 nitrogen and oxygen atoms in total. The van der Waals surface area contributed by atoms with Gasteiger partial charge in [-0.3, -0.25) is 0 Å². The van der Waals surface area contributed by atoms with Gasteiger partial charge in [0.1, 0.15) is 6.61 Å². The van der Waals surface area contributed by atoms with Crippen molar-refractivity contribution >= 4 is 0 Å².